The fraction of sp³-hybridized carbons (Fsp3) is 0.692. The van der Waals surface area contributed by atoms with Gasteiger partial charge in [-0.3, -0.25) is 0 Å². The predicted molar refractivity (Wildman–Crippen MR) is 80.3 cm³/mol. The van der Waals surface area contributed by atoms with Gasteiger partial charge in [-0.15, -0.1) is 22.9 Å². The van der Waals surface area contributed by atoms with E-state index in [-0.39, 0.29) is 6.04 Å². The van der Waals surface area contributed by atoms with Crippen molar-refractivity contribution in [3.63, 3.8) is 0 Å². The molecule has 6 heteroatoms. The van der Waals surface area contributed by atoms with Gasteiger partial charge in [-0.25, -0.2) is 8.42 Å². The minimum absolute atomic E-state index is 0.147. The highest BCUT2D eigenvalue weighted by Crippen LogP contribution is 2.29. The van der Waals surface area contributed by atoms with Crippen LogP contribution in [0.25, 0.3) is 0 Å². The minimum Gasteiger partial charge on any atom is -0.206 e. The molecular formula is C13H20ClNO2S2. The molecule has 0 atom stereocenters. The van der Waals surface area contributed by atoms with E-state index >= 15 is 0 Å². The van der Waals surface area contributed by atoms with Gasteiger partial charge in [0.2, 0.25) is 0 Å². The van der Waals surface area contributed by atoms with Gasteiger partial charge in [-0.1, -0.05) is 25.7 Å². The van der Waals surface area contributed by atoms with E-state index in [0.717, 1.165) is 30.6 Å². The summed E-state index contributed by atoms with van der Waals surface area (Å²) in [4.78, 5) is 0.898. The fourth-order valence-electron chi connectivity index (χ4n) is 2.53. The first-order chi connectivity index (χ1) is 9.05. The fourth-order valence-corrected chi connectivity index (χ4v) is 5.59. The Balaban J connectivity index is 2.17. The highest BCUT2D eigenvalue weighted by molar-refractivity contribution is 7.91. The molecule has 0 N–H and O–H groups in total. The van der Waals surface area contributed by atoms with Crippen LogP contribution in [0.1, 0.15) is 43.4 Å². The summed E-state index contributed by atoms with van der Waals surface area (Å²) < 4.78 is 27.1. The smallest absolute Gasteiger partial charge is 0.206 e. The number of sulfonamides is 1. The molecule has 1 aromatic heterocycles. The average molecular weight is 322 g/mol. The van der Waals surface area contributed by atoms with Crippen LogP contribution in [-0.2, 0) is 15.9 Å². The molecule has 0 aliphatic heterocycles. The molecule has 0 aromatic carbocycles. The first kappa shape index (κ1) is 15.3. The highest BCUT2D eigenvalue weighted by Gasteiger charge is 2.29. The molecule has 2 rings (SSSR count). The zero-order chi connectivity index (χ0) is 13.9. The van der Waals surface area contributed by atoms with E-state index in [2.05, 4.69) is 0 Å². The monoisotopic (exact) mass is 321 g/mol. The summed E-state index contributed by atoms with van der Waals surface area (Å²) in [5, 5.41) is 0. The van der Waals surface area contributed by atoms with Crippen molar-refractivity contribution in [3.05, 3.63) is 17.0 Å². The van der Waals surface area contributed by atoms with E-state index in [0.29, 0.717) is 10.1 Å². The molecule has 0 unspecified atom stereocenters. The lowest BCUT2D eigenvalue weighted by atomic mass is 10.1. The van der Waals surface area contributed by atoms with Crippen molar-refractivity contribution < 1.29 is 8.42 Å². The van der Waals surface area contributed by atoms with Crippen molar-refractivity contribution in [2.24, 2.45) is 0 Å². The summed E-state index contributed by atoms with van der Waals surface area (Å²) in [5.41, 5.74) is 0. The molecule has 0 saturated heterocycles. The summed E-state index contributed by atoms with van der Waals surface area (Å²) in [6.07, 6.45) is 6.65. The maximum absolute atomic E-state index is 12.6. The zero-order valence-corrected chi connectivity index (χ0v) is 13.5. The van der Waals surface area contributed by atoms with Crippen LogP contribution < -0.4 is 0 Å². The van der Waals surface area contributed by atoms with Crippen LogP contribution in [0.3, 0.4) is 0 Å². The van der Waals surface area contributed by atoms with Crippen LogP contribution >= 0.6 is 22.9 Å². The molecule has 0 bridgehead atoms. The Morgan fingerprint density at radius 1 is 1.26 bits per heavy atom. The second kappa shape index (κ2) is 6.57. The summed E-state index contributed by atoms with van der Waals surface area (Å²) in [6.45, 7) is 0. The topological polar surface area (TPSA) is 37.4 Å². The number of alkyl halides is 1. The Hall–Kier alpha value is -0.100. The van der Waals surface area contributed by atoms with Crippen LogP contribution in [0.5, 0.6) is 0 Å². The van der Waals surface area contributed by atoms with Crippen LogP contribution in [0.15, 0.2) is 16.3 Å². The van der Waals surface area contributed by atoms with Crippen molar-refractivity contribution in [1.82, 2.24) is 4.31 Å². The van der Waals surface area contributed by atoms with Crippen molar-refractivity contribution >= 4 is 33.0 Å². The number of nitrogens with zero attached hydrogens (tertiary/aromatic N) is 1. The molecule has 1 aliphatic carbocycles. The minimum atomic E-state index is -3.35. The molecular weight excluding hydrogens is 302 g/mol. The lowest BCUT2D eigenvalue weighted by Crippen LogP contribution is -2.36. The Bertz CT molecular complexity index is 504. The molecule has 1 heterocycles. The molecule has 1 saturated carbocycles. The maximum Gasteiger partial charge on any atom is 0.252 e. The number of rotatable bonds is 4. The van der Waals surface area contributed by atoms with E-state index in [4.69, 9.17) is 11.6 Å². The van der Waals surface area contributed by atoms with E-state index in [9.17, 15) is 8.42 Å². The number of halogens is 1. The summed E-state index contributed by atoms with van der Waals surface area (Å²) in [6, 6.07) is 3.62. The van der Waals surface area contributed by atoms with E-state index in [1.54, 1.807) is 23.5 Å². The van der Waals surface area contributed by atoms with Crippen LogP contribution in [0.2, 0.25) is 0 Å². The molecule has 3 nitrogen and oxygen atoms in total. The van der Waals surface area contributed by atoms with Crippen LogP contribution in [0.4, 0.5) is 0 Å². The van der Waals surface area contributed by atoms with E-state index < -0.39 is 10.0 Å². The molecule has 1 aliphatic rings. The Morgan fingerprint density at radius 3 is 2.42 bits per heavy atom. The number of hydrogen-bond donors (Lipinski definition) is 0. The molecule has 108 valence electrons. The third-order valence-corrected chi connectivity index (χ3v) is 7.65. The van der Waals surface area contributed by atoms with Gasteiger partial charge in [0.25, 0.3) is 10.0 Å². The third kappa shape index (κ3) is 3.51. The summed E-state index contributed by atoms with van der Waals surface area (Å²) in [7, 11) is -1.64. The number of hydrogen-bond acceptors (Lipinski definition) is 3. The molecule has 1 aromatic rings. The zero-order valence-electron chi connectivity index (χ0n) is 11.1. The standard InChI is InChI=1S/C13H20ClNO2S2/c1-15(11-6-4-2-3-5-7-11)19(16,17)13-9-8-12(10-14)18-13/h8-9,11H,2-7,10H2,1H3. The molecule has 19 heavy (non-hydrogen) atoms. The lowest BCUT2D eigenvalue weighted by molar-refractivity contribution is 0.336. The summed E-state index contributed by atoms with van der Waals surface area (Å²) in [5.74, 6) is 0.368. The van der Waals surface area contributed by atoms with Crippen molar-refractivity contribution in [2.45, 2.75) is 54.7 Å². The average Bonchev–Trinajstić information content (AvgIpc) is 2.74. The van der Waals surface area contributed by atoms with Gasteiger partial charge in [0.15, 0.2) is 0 Å². The lowest BCUT2D eigenvalue weighted by Gasteiger charge is -2.25. The Morgan fingerprint density at radius 2 is 1.89 bits per heavy atom. The largest absolute Gasteiger partial charge is 0.252 e. The van der Waals surface area contributed by atoms with Crippen molar-refractivity contribution in [2.75, 3.05) is 7.05 Å². The summed E-state index contributed by atoms with van der Waals surface area (Å²) >= 11 is 7.02. The Kier molecular flexibility index (Phi) is 5.29. The second-order valence-electron chi connectivity index (χ2n) is 5.02. The van der Waals surface area contributed by atoms with Crippen LogP contribution in [-0.4, -0.2) is 25.8 Å². The van der Waals surface area contributed by atoms with Gasteiger partial charge in [0.05, 0.1) is 5.88 Å². The third-order valence-electron chi connectivity index (χ3n) is 3.74. The first-order valence-electron chi connectivity index (χ1n) is 6.68. The SMILES string of the molecule is CN(C1CCCCCC1)S(=O)(=O)c1ccc(CCl)s1. The van der Waals surface area contributed by atoms with Crippen LogP contribution in [0, 0.1) is 0 Å². The first-order valence-corrected chi connectivity index (χ1v) is 9.47. The predicted octanol–water partition coefficient (Wildman–Crippen LogP) is 3.83. The second-order valence-corrected chi connectivity index (χ2v) is 8.68. The molecule has 0 amide bonds. The van der Waals surface area contributed by atoms with Gasteiger partial charge in [-0.05, 0) is 25.0 Å². The van der Waals surface area contributed by atoms with E-state index in [1.165, 1.54) is 24.2 Å². The van der Waals surface area contributed by atoms with Gasteiger partial charge in [0.1, 0.15) is 4.21 Å². The molecule has 0 radical (unpaired) electrons. The van der Waals surface area contributed by atoms with Gasteiger partial charge < -0.3 is 0 Å². The molecule has 1 fully saturated rings. The normalized spacial score (nSPS) is 18.7. The van der Waals surface area contributed by atoms with E-state index in [1.807, 2.05) is 0 Å². The van der Waals surface area contributed by atoms with Gasteiger partial charge in [-0.2, -0.15) is 4.31 Å². The maximum atomic E-state index is 12.6. The van der Waals surface area contributed by atoms with Gasteiger partial charge >= 0.3 is 0 Å². The van der Waals surface area contributed by atoms with Gasteiger partial charge in [0, 0.05) is 18.0 Å². The van der Waals surface area contributed by atoms with Crippen molar-refractivity contribution in [3.8, 4) is 0 Å². The number of thiophene rings is 1. The quantitative estimate of drug-likeness (QED) is 0.624. The Labute approximate surface area is 124 Å². The highest BCUT2D eigenvalue weighted by atomic mass is 35.5. The van der Waals surface area contributed by atoms with Crippen molar-refractivity contribution in [1.29, 1.82) is 0 Å². The molecule has 0 spiro atoms.